The number of aromatic nitrogens is 1. The molecule has 0 fully saturated rings. The van der Waals surface area contributed by atoms with Gasteiger partial charge in [0.2, 0.25) is 5.91 Å². The highest BCUT2D eigenvalue weighted by atomic mass is 16.5. The Hall–Kier alpha value is -1.95. The number of methoxy groups -OCH3 is 1. The molecule has 0 aliphatic carbocycles. The molecule has 1 aromatic rings. The second-order valence-electron chi connectivity index (χ2n) is 4.80. The smallest absolute Gasteiger partial charge is 0.339 e. The minimum absolute atomic E-state index is 0.0498. The zero-order valence-corrected chi connectivity index (χ0v) is 12.3. The third-order valence-electron chi connectivity index (χ3n) is 2.66. The third kappa shape index (κ3) is 4.97. The van der Waals surface area contributed by atoms with Crippen molar-refractivity contribution >= 4 is 11.9 Å². The Kier molecular flexibility index (Phi) is 6.11. The zero-order chi connectivity index (χ0) is 15.1. The number of pyridine rings is 1. The van der Waals surface area contributed by atoms with E-state index < -0.39 is 5.97 Å². The highest BCUT2D eigenvalue weighted by Gasteiger charge is 2.13. The zero-order valence-electron chi connectivity index (χ0n) is 12.3. The van der Waals surface area contributed by atoms with Gasteiger partial charge in [-0.1, -0.05) is 0 Å². The molecule has 1 atom stereocenters. The molecule has 0 aliphatic heterocycles. The van der Waals surface area contributed by atoms with Gasteiger partial charge in [-0.15, -0.1) is 0 Å². The number of carbonyl (C=O) groups excluding carboxylic acids is 2. The van der Waals surface area contributed by atoms with Gasteiger partial charge < -0.3 is 15.4 Å². The van der Waals surface area contributed by atoms with Crippen LogP contribution in [0, 0.1) is 0 Å². The predicted molar refractivity (Wildman–Crippen MR) is 75.2 cm³/mol. The Bertz CT molecular complexity index is 457. The van der Waals surface area contributed by atoms with Crippen molar-refractivity contribution in [1.29, 1.82) is 0 Å². The largest absolute Gasteiger partial charge is 0.465 e. The first-order valence-corrected chi connectivity index (χ1v) is 6.51. The Balaban J connectivity index is 2.49. The molecule has 1 unspecified atom stereocenters. The van der Waals surface area contributed by atoms with Crippen molar-refractivity contribution in [3.63, 3.8) is 0 Å². The molecule has 0 aromatic carbocycles. The summed E-state index contributed by atoms with van der Waals surface area (Å²) in [6, 6.07) is 3.18. The summed E-state index contributed by atoms with van der Waals surface area (Å²) in [5.74, 6) is -0.465. The lowest BCUT2D eigenvalue weighted by Gasteiger charge is -2.15. The summed E-state index contributed by atoms with van der Waals surface area (Å²) in [7, 11) is 1.33. The van der Waals surface area contributed by atoms with E-state index in [1.165, 1.54) is 13.3 Å². The second kappa shape index (κ2) is 7.59. The lowest BCUT2D eigenvalue weighted by molar-refractivity contribution is -0.123. The number of hydrogen-bond acceptors (Lipinski definition) is 5. The molecule has 1 rings (SSSR count). The van der Waals surface area contributed by atoms with Crippen LogP contribution in [-0.2, 0) is 16.1 Å². The van der Waals surface area contributed by atoms with E-state index >= 15 is 0 Å². The second-order valence-corrected chi connectivity index (χ2v) is 4.80. The molecule has 0 bridgehead atoms. The quantitative estimate of drug-likeness (QED) is 0.755. The fourth-order valence-electron chi connectivity index (χ4n) is 1.53. The van der Waals surface area contributed by atoms with Crippen LogP contribution in [0.1, 0.15) is 36.8 Å². The van der Waals surface area contributed by atoms with Crippen LogP contribution in [0.4, 0.5) is 0 Å². The van der Waals surface area contributed by atoms with Crippen molar-refractivity contribution in [2.75, 3.05) is 7.11 Å². The van der Waals surface area contributed by atoms with Crippen molar-refractivity contribution in [3.8, 4) is 0 Å². The van der Waals surface area contributed by atoms with E-state index in [1.807, 2.05) is 13.8 Å². The molecule has 110 valence electrons. The average molecular weight is 279 g/mol. The highest BCUT2D eigenvalue weighted by Crippen LogP contribution is 2.02. The number of nitrogens with zero attached hydrogens (tertiary/aromatic N) is 1. The van der Waals surface area contributed by atoms with E-state index in [0.717, 1.165) is 5.69 Å². The summed E-state index contributed by atoms with van der Waals surface area (Å²) < 4.78 is 4.60. The fourth-order valence-corrected chi connectivity index (χ4v) is 1.53. The third-order valence-corrected chi connectivity index (χ3v) is 2.66. The molecule has 6 nitrogen and oxygen atoms in total. The van der Waals surface area contributed by atoms with E-state index in [0.29, 0.717) is 12.1 Å². The summed E-state index contributed by atoms with van der Waals surface area (Å²) in [6.45, 7) is 6.07. The van der Waals surface area contributed by atoms with Gasteiger partial charge in [-0.2, -0.15) is 0 Å². The van der Waals surface area contributed by atoms with Crippen molar-refractivity contribution in [2.24, 2.45) is 0 Å². The number of ether oxygens (including phenoxy) is 1. The molecule has 2 N–H and O–H groups in total. The van der Waals surface area contributed by atoms with E-state index in [9.17, 15) is 9.59 Å². The predicted octanol–water partition coefficient (Wildman–Crippen LogP) is 0.871. The number of carbonyl (C=O) groups is 2. The first kappa shape index (κ1) is 16.1. The van der Waals surface area contributed by atoms with Crippen molar-refractivity contribution < 1.29 is 14.3 Å². The van der Waals surface area contributed by atoms with Gasteiger partial charge in [0.05, 0.1) is 24.4 Å². The Morgan fingerprint density at radius 1 is 1.30 bits per heavy atom. The van der Waals surface area contributed by atoms with Crippen LogP contribution < -0.4 is 10.6 Å². The van der Waals surface area contributed by atoms with Crippen LogP contribution in [0.25, 0.3) is 0 Å². The molecule has 0 saturated carbocycles. The number of amides is 1. The Morgan fingerprint density at radius 3 is 2.50 bits per heavy atom. The van der Waals surface area contributed by atoms with Gasteiger partial charge in [-0.05, 0) is 32.9 Å². The molecule has 0 radical (unpaired) electrons. The molecule has 0 spiro atoms. The SMILES string of the molecule is COC(=O)c1ccc(CNC(C)C(=O)NC(C)C)nc1. The van der Waals surface area contributed by atoms with Crippen LogP contribution in [0.2, 0.25) is 0 Å². The first-order chi connectivity index (χ1) is 9.43. The summed E-state index contributed by atoms with van der Waals surface area (Å²) >= 11 is 0. The van der Waals surface area contributed by atoms with E-state index in [1.54, 1.807) is 19.1 Å². The fraction of sp³-hybridized carbons (Fsp3) is 0.500. The molecule has 1 heterocycles. The Labute approximate surface area is 118 Å². The van der Waals surface area contributed by atoms with Gasteiger partial charge in [0.25, 0.3) is 0 Å². The molecule has 1 amide bonds. The van der Waals surface area contributed by atoms with Crippen molar-refractivity contribution in [1.82, 2.24) is 15.6 Å². The molecule has 0 saturated heterocycles. The van der Waals surface area contributed by atoms with Gasteiger partial charge in [-0.3, -0.25) is 9.78 Å². The minimum atomic E-state index is -0.415. The van der Waals surface area contributed by atoms with Crippen molar-refractivity contribution in [2.45, 2.75) is 39.4 Å². The summed E-state index contributed by atoms with van der Waals surface area (Å²) in [5.41, 5.74) is 1.16. The molecule has 0 aliphatic rings. The van der Waals surface area contributed by atoms with Gasteiger partial charge in [0.1, 0.15) is 0 Å². The summed E-state index contributed by atoms with van der Waals surface area (Å²) in [4.78, 5) is 27.1. The monoisotopic (exact) mass is 279 g/mol. The van der Waals surface area contributed by atoms with Crippen molar-refractivity contribution in [3.05, 3.63) is 29.6 Å². The molecule has 20 heavy (non-hydrogen) atoms. The van der Waals surface area contributed by atoms with Crippen LogP contribution in [0.3, 0.4) is 0 Å². The molecular formula is C14H21N3O3. The maximum absolute atomic E-state index is 11.7. The van der Waals surface area contributed by atoms with E-state index in [2.05, 4.69) is 20.4 Å². The summed E-state index contributed by atoms with van der Waals surface area (Å²) in [6.07, 6.45) is 1.46. The van der Waals surface area contributed by atoms with Crippen LogP contribution in [-0.4, -0.2) is 36.1 Å². The van der Waals surface area contributed by atoms with E-state index in [-0.39, 0.29) is 18.0 Å². The standard InChI is InChI=1S/C14H21N3O3/c1-9(2)17-13(18)10(3)15-8-12-6-5-11(7-16-12)14(19)20-4/h5-7,9-10,15H,8H2,1-4H3,(H,17,18). The molecule has 1 aromatic heterocycles. The first-order valence-electron chi connectivity index (χ1n) is 6.51. The lowest BCUT2D eigenvalue weighted by Crippen LogP contribution is -2.44. The maximum atomic E-state index is 11.7. The van der Waals surface area contributed by atoms with Crippen LogP contribution in [0.5, 0.6) is 0 Å². The Morgan fingerprint density at radius 2 is 2.00 bits per heavy atom. The average Bonchev–Trinajstić information content (AvgIpc) is 2.43. The number of esters is 1. The van der Waals surface area contributed by atoms with Gasteiger partial charge in [0, 0.05) is 18.8 Å². The summed E-state index contributed by atoms with van der Waals surface area (Å²) in [5, 5.41) is 5.90. The number of nitrogens with one attached hydrogen (secondary N) is 2. The number of hydrogen-bond donors (Lipinski definition) is 2. The van der Waals surface area contributed by atoms with Gasteiger partial charge in [-0.25, -0.2) is 4.79 Å². The maximum Gasteiger partial charge on any atom is 0.339 e. The lowest BCUT2D eigenvalue weighted by atomic mass is 10.2. The number of rotatable bonds is 6. The minimum Gasteiger partial charge on any atom is -0.465 e. The molecular weight excluding hydrogens is 258 g/mol. The van der Waals surface area contributed by atoms with Crippen LogP contribution in [0.15, 0.2) is 18.3 Å². The highest BCUT2D eigenvalue weighted by molar-refractivity contribution is 5.88. The molecule has 6 heteroatoms. The normalized spacial score (nSPS) is 12.1. The topological polar surface area (TPSA) is 80.3 Å². The van der Waals surface area contributed by atoms with E-state index in [4.69, 9.17) is 0 Å². The van der Waals surface area contributed by atoms with Gasteiger partial charge in [0.15, 0.2) is 0 Å². The van der Waals surface area contributed by atoms with Gasteiger partial charge >= 0.3 is 5.97 Å². The van der Waals surface area contributed by atoms with Crippen LogP contribution >= 0.6 is 0 Å².